The SMILES string of the molecule is Nc1ccc(C(O)C(O)CCS)c(F)c1. The van der Waals surface area contributed by atoms with Crippen molar-refractivity contribution in [1.82, 2.24) is 0 Å². The van der Waals surface area contributed by atoms with Gasteiger partial charge < -0.3 is 15.9 Å². The summed E-state index contributed by atoms with van der Waals surface area (Å²) >= 11 is 3.92. The molecule has 3 nitrogen and oxygen atoms in total. The Kier molecular flexibility index (Phi) is 4.38. The molecule has 0 aliphatic carbocycles. The highest BCUT2D eigenvalue weighted by molar-refractivity contribution is 7.80. The van der Waals surface area contributed by atoms with Gasteiger partial charge in [-0.25, -0.2) is 4.39 Å². The Morgan fingerprint density at radius 2 is 2.07 bits per heavy atom. The molecule has 15 heavy (non-hydrogen) atoms. The number of halogens is 1. The van der Waals surface area contributed by atoms with E-state index in [9.17, 15) is 14.6 Å². The second-order valence-electron chi connectivity index (χ2n) is 3.31. The van der Waals surface area contributed by atoms with Crippen LogP contribution in [0.3, 0.4) is 0 Å². The number of rotatable bonds is 4. The molecule has 5 heteroatoms. The third-order valence-electron chi connectivity index (χ3n) is 2.13. The van der Waals surface area contributed by atoms with Gasteiger partial charge in [-0.1, -0.05) is 6.07 Å². The van der Waals surface area contributed by atoms with Gasteiger partial charge in [0.2, 0.25) is 0 Å². The van der Waals surface area contributed by atoms with Crippen molar-refractivity contribution in [3.63, 3.8) is 0 Å². The number of benzene rings is 1. The van der Waals surface area contributed by atoms with Crippen molar-refractivity contribution in [3.8, 4) is 0 Å². The zero-order valence-electron chi connectivity index (χ0n) is 8.10. The summed E-state index contributed by atoms with van der Waals surface area (Å²) in [6.45, 7) is 0. The van der Waals surface area contributed by atoms with Crippen LogP contribution in [0.5, 0.6) is 0 Å². The third-order valence-corrected chi connectivity index (χ3v) is 2.39. The molecule has 0 saturated carbocycles. The van der Waals surface area contributed by atoms with Crippen molar-refractivity contribution in [3.05, 3.63) is 29.6 Å². The van der Waals surface area contributed by atoms with E-state index in [0.717, 1.165) is 6.07 Å². The fourth-order valence-electron chi connectivity index (χ4n) is 1.28. The molecule has 2 atom stereocenters. The summed E-state index contributed by atoms with van der Waals surface area (Å²) in [7, 11) is 0. The topological polar surface area (TPSA) is 66.5 Å². The maximum absolute atomic E-state index is 13.3. The highest BCUT2D eigenvalue weighted by Crippen LogP contribution is 2.23. The summed E-state index contributed by atoms with van der Waals surface area (Å²) in [4.78, 5) is 0. The zero-order valence-corrected chi connectivity index (χ0v) is 8.99. The van der Waals surface area contributed by atoms with Crippen molar-refractivity contribution in [2.75, 3.05) is 11.5 Å². The molecule has 0 radical (unpaired) electrons. The Balaban J connectivity index is 2.86. The highest BCUT2D eigenvalue weighted by Gasteiger charge is 2.20. The second-order valence-corrected chi connectivity index (χ2v) is 3.75. The van der Waals surface area contributed by atoms with Gasteiger partial charge in [-0.3, -0.25) is 0 Å². The van der Waals surface area contributed by atoms with Crippen LogP contribution in [0.1, 0.15) is 18.1 Å². The molecular weight excluding hydrogens is 217 g/mol. The summed E-state index contributed by atoms with van der Waals surface area (Å²) in [6, 6.07) is 3.97. The first-order valence-electron chi connectivity index (χ1n) is 4.58. The molecule has 0 aromatic heterocycles. The maximum Gasteiger partial charge on any atom is 0.131 e. The van der Waals surface area contributed by atoms with Crippen molar-refractivity contribution in [2.24, 2.45) is 0 Å². The molecule has 0 bridgehead atoms. The van der Waals surface area contributed by atoms with Crippen LogP contribution in [0.25, 0.3) is 0 Å². The first kappa shape index (κ1) is 12.3. The number of nitrogens with two attached hydrogens (primary N) is 1. The van der Waals surface area contributed by atoms with E-state index in [2.05, 4.69) is 12.6 Å². The summed E-state index contributed by atoms with van der Waals surface area (Å²) in [5, 5.41) is 19.1. The van der Waals surface area contributed by atoms with Crippen LogP contribution in [0.4, 0.5) is 10.1 Å². The lowest BCUT2D eigenvalue weighted by Crippen LogP contribution is -2.19. The van der Waals surface area contributed by atoms with Gasteiger partial charge in [-0.05, 0) is 24.3 Å². The second kappa shape index (κ2) is 5.34. The van der Waals surface area contributed by atoms with Gasteiger partial charge in [-0.2, -0.15) is 12.6 Å². The lowest BCUT2D eigenvalue weighted by Gasteiger charge is -2.18. The van der Waals surface area contributed by atoms with E-state index in [0.29, 0.717) is 12.2 Å². The maximum atomic E-state index is 13.3. The molecule has 0 saturated heterocycles. The van der Waals surface area contributed by atoms with Gasteiger partial charge in [0, 0.05) is 11.3 Å². The van der Waals surface area contributed by atoms with Crippen LogP contribution in [-0.2, 0) is 0 Å². The average Bonchev–Trinajstić information content (AvgIpc) is 2.17. The van der Waals surface area contributed by atoms with E-state index in [4.69, 9.17) is 5.73 Å². The molecule has 1 rings (SSSR count). The lowest BCUT2D eigenvalue weighted by atomic mass is 10.0. The average molecular weight is 231 g/mol. The predicted octanol–water partition coefficient (Wildman–Crippen LogP) is 1.12. The molecule has 0 amide bonds. The Morgan fingerprint density at radius 3 is 2.60 bits per heavy atom. The molecule has 0 heterocycles. The van der Waals surface area contributed by atoms with Crippen LogP contribution in [0, 0.1) is 5.82 Å². The molecule has 0 aliphatic rings. The molecule has 1 aromatic rings. The minimum Gasteiger partial charge on any atom is -0.399 e. The first-order valence-corrected chi connectivity index (χ1v) is 5.21. The minimum absolute atomic E-state index is 0.0542. The Hall–Kier alpha value is -0.780. The zero-order chi connectivity index (χ0) is 11.4. The van der Waals surface area contributed by atoms with E-state index < -0.39 is 18.0 Å². The monoisotopic (exact) mass is 231 g/mol. The smallest absolute Gasteiger partial charge is 0.131 e. The van der Waals surface area contributed by atoms with Crippen molar-refractivity contribution in [1.29, 1.82) is 0 Å². The quantitative estimate of drug-likeness (QED) is 0.464. The van der Waals surface area contributed by atoms with Gasteiger partial charge in [0.05, 0.1) is 6.10 Å². The Morgan fingerprint density at radius 1 is 1.40 bits per heavy atom. The molecule has 84 valence electrons. The summed E-state index contributed by atoms with van der Waals surface area (Å²) in [5.74, 6) is -0.185. The fraction of sp³-hybridized carbons (Fsp3) is 0.400. The molecule has 0 spiro atoms. The fourth-order valence-corrected chi connectivity index (χ4v) is 1.55. The summed E-state index contributed by atoms with van der Waals surface area (Å²) < 4.78 is 13.3. The molecule has 0 fully saturated rings. The predicted molar refractivity (Wildman–Crippen MR) is 60.2 cm³/mol. The van der Waals surface area contributed by atoms with Crippen LogP contribution < -0.4 is 5.73 Å². The molecule has 0 aliphatic heterocycles. The number of nitrogen functional groups attached to an aromatic ring is 1. The standard InChI is InChI=1S/C10H14FNO2S/c11-8-5-6(12)1-2-7(8)10(14)9(13)3-4-15/h1-2,5,9-10,13-15H,3-4,12H2. The lowest BCUT2D eigenvalue weighted by molar-refractivity contribution is 0.0152. The number of hydrogen-bond donors (Lipinski definition) is 4. The van der Waals surface area contributed by atoms with Gasteiger partial charge in [0.25, 0.3) is 0 Å². The van der Waals surface area contributed by atoms with E-state index in [1.807, 2.05) is 0 Å². The molecule has 4 N–H and O–H groups in total. The number of thiol groups is 1. The number of aliphatic hydroxyl groups is 2. The first-order chi connectivity index (χ1) is 7.06. The van der Waals surface area contributed by atoms with Gasteiger partial charge in [0.1, 0.15) is 11.9 Å². The van der Waals surface area contributed by atoms with E-state index in [-0.39, 0.29) is 11.3 Å². The van der Waals surface area contributed by atoms with Gasteiger partial charge >= 0.3 is 0 Å². The molecule has 2 unspecified atom stereocenters. The van der Waals surface area contributed by atoms with Crippen molar-refractivity contribution >= 4 is 18.3 Å². The number of aliphatic hydroxyl groups excluding tert-OH is 2. The largest absolute Gasteiger partial charge is 0.399 e. The number of anilines is 1. The third kappa shape index (κ3) is 3.09. The minimum atomic E-state index is -1.24. The van der Waals surface area contributed by atoms with E-state index in [1.165, 1.54) is 12.1 Å². The van der Waals surface area contributed by atoms with Crippen LogP contribution in [0.15, 0.2) is 18.2 Å². The van der Waals surface area contributed by atoms with Crippen LogP contribution in [-0.4, -0.2) is 22.1 Å². The van der Waals surface area contributed by atoms with Gasteiger partial charge in [-0.15, -0.1) is 0 Å². The summed E-state index contributed by atoms with van der Waals surface area (Å²) in [6.07, 6.45) is -1.95. The van der Waals surface area contributed by atoms with E-state index >= 15 is 0 Å². The van der Waals surface area contributed by atoms with Crippen molar-refractivity contribution in [2.45, 2.75) is 18.6 Å². The molecular formula is C10H14FNO2S. The Labute approximate surface area is 93.1 Å². The highest BCUT2D eigenvalue weighted by atomic mass is 32.1. The van der Waals surface area contributed by atoms with Crippen LogP contribution >= 0.6 is 12.6 Å². The molecule has 1 aromatic carbocycles. The summed E-state index contributed by atoms with van der Waals surface area (Å²) in [5.41, 5.74) is 5.70. The van der Waals surface area contributed by atoms with Crippen LogP contribution in [0.2, 0.25) is 0 Å². The number of hydrogen-bond acceptors (Lipinski definition) is 4. The normalized spacial score (nSPS) is 14.9. The van der Waals surface area contributed by atoms with Gasteiger partial charge in [0.15, 0.2) is 0 Å². The Bertz CT molecular complexity index is 335. The van der Waals surface area contributed by atoms with Crippen molar-refractivity contribution < 1.29 is 14.6 Å². The van der Waals surface area contributed by atoms with E-state index in [1.54, 1.807) is 0 Å².